The van der Waals surface area contributed by atoms with E-state index in [-0.39, 0.29) is 11.8 Å². The topological polar surface area (TPSA) is 72.2 Å². The third kappa shape index (κ3) is 1.86. The van der Waals surface area contributed by atoms with Crippen molar-refractivity contribution in [3.05, 3.63) is 63.2 Å². The van der Waals surface area contributed by atoms with Gasteiger partial charge in [0.2, 0.25) is 5.88 Å². The van der Waals surface area contributed by atoms with Gasteiger partial charge < -0.3 is 14.9 Å². The number of thiophene rings is 1. The number of rotatable bonds is 1. The minimum atomic E-state index is -0.336. The molecule has 0 fully saturated rings. The third-order valence-electron chi connectivity index (χ3n) is 3.60. The van der Waals surface area contributed by atoms with Crippen LogP contribution in [0.3, 0.4) is 0 Å². The summed E-state index contributed by atoms with van der Waals surface area (Å²) < 4.78 is 13.1. The monoisotopic (exact) mass is 372 g/mol. The molecule has 0 aliphatic carbocycles. The Labute approximate surface area is 138 Å². The molecule has 2 N–H and O–H groups in total. The van der Waals surface area contributed by atoms with Crippen LogP contribution < -0.4 is 10.5 Å². The maximum Gasteiger partial charge on any atom is 0.205 e. The van der Waals surface area contributed by atoms with Gasteiger partial charge in [0.25, 0.3) is 0 Å². The van der Waals surface area contributed by atoms with Crippen molar-refractivity contribution in [2.75, 3.05) is 0 Å². The van der Waals surface area contributed by atoms with Gasteiger partial charge in [0, 0.05) is 10.1 Å². The minimum absolute atomic E-state index is 0.135. The lowest BCUT2D eigenvalue weighted by Gasteiger charge is -2.21. The molecule has 22 heavy (non-hydrogen) atoms. The Morgan fingerprint density at radius 3 is 2.77 bits per heavy atom. The van der Waals surface area contributed by atoms with E-state index < -0.39 is 0 Å². The molecule has 1 aromatic carbocycles. The first-order chi connectivity index (χ1) is 10.7. The highest BCUT2D eigenvalue weighted by Crippen LogP contribution is 2.50. The maximum atomic E-state index is 9.48. The molecule has 0 spiro atoms. The number of furan rings is 1. The number of ether oxygens (including phenoxy) is 1. The highest BCUT2D eigenvalue weighted by molar-refractivity contribution is 9.10. The van der Waals surface area contributed by atoms with E-state index in [9.17, 15) is 5.26 Å². The summed E-state index contributed by atoms with van der Waals surface area (Å²) in [5, 5.41) is 10.5. The summed E-state index contributed by atoms with van der Waals surface area (Å²) >= 11 is 4.90. The third-order valence-corrected chi connectivity index (χ3v) is 5.25. The fourth-order valence-electron chi connectivity index (χ4n) is 2.65. The second kappa shape index (κ2) is 4.90. The first kappa shape index (κ1) is 13.4. The normalized spacial score (nSPS) is 17.2. The number of nitriles is 1. The van der Waals surface area contributed by atoms with Crippen LogP contribution >= 0.6 is 27.3 Å². The molecule has 0 unspecified atom stereocenters. The molecule has 0 bridgehead atoms. The quantitative estimate of drug-likeness (QED) is 0.683. The van der Waals surface area contributed by atoms with Crippen molar-refractivity contribution >= 4 is 37.4 Å². The number of hydrogen-bond donors (Lipinski definition) is 1. The molecule has 0 amide bonds. The fraction of sp³-hybridized carbons (Fsp3) is 0.0625. The lowest BCUT2D eigenvalue weighted by molar-refractivity contribution is 0.390. The van der Waals surface area contributed by atoms with E-state index in [0.717, 1.165) is 20.7 Å². The van der Waals surface area contributed by atoms with Crippen molar-refractivity contribution in [3.8, 4) is 11.8 Å². The largest absolute Gasteiger partial charge is 0.453 e. The highest BCUT2D eigenvalue weighted by atomic mass is 79.9. The number of allylic oxidation sites excluding steroid dienone is 1. The Bertz CT molecular complexity index is 964. The van der Waals surface area contributed by atoms with Crippen LogP contribution in [0.5, 0.6) is 5.75 Å². The van der Waals surface area contributed by atoms with Gasteiger partial charge in [-0.15, -0.1) is 11.3 Å². The van der Waals surface area contributed by atoms with Gasteiger partial charge >= 0.3 is 0 Å². The number of hydrogen-bond acceptors (Lipinski definition) is 5. The van der Waals surface area contributed by atoms with Gasteiger partial charge in [-0.1, -0.05) is 12.1 Å². The van der Waals surface area contributed by atoms with Crippen LogP contribution in [0.2, 0.25) is 0 Å². The summed E-state index contributed by atoms with van der Waals surface area (Å²) in [6.07, 6.45) is 0. The molecular weight excluding hydrogens is 364 g/mol. The summed E-state index contributed by atoms with van der Waals surface area (Å²) in [6, 6.07) is 13.8. The summed E-state index contributed by atoms with van der Waals surface area (Å²) in [5.41, 5.74) is 6.35. The Balaban J connectivity index is 2.01. The van der Waals surface area contributed by atoms with Gasteiger partial charge in [0.1, 0.15) is 17.4 Å². The standard InChI is InChI=1S/C16H9BrN2O2S/c17-12-6-5-10(20-12)13-9(7-18)16(19)21-14-8-3-1-2-4-11(8)22-15(13)14/h1-6,13H,19H2/t13-/m0/s1. The molecule has 2 aromatic heterocycles. The molecule has 1 aliphatic heterocycles. The molecule has 1 atom stereocenters. The van der Waals surface area contributed by atoms with Gasteiger partial charge in [-0.25, -0.2) is 0 Å². The van der Waals surface area contributed by atoms with Gasteiger partial charge in [0.05, 0.1) is 10.8 Å². The van der Waals surface area contributed by atoms with E-state index in [2.05, 4.69) is 22.0 Å². The van der Waals surface area contributed by atoms with E-state index >= 15 is 0 Å². The van der Waals surface area contributed by atoms with Crippen molar-refractivity contribution in [1.29, 1.82) is 5.26 Å². The zero-order valence-corrected chi connectivity index (χ0v) is 13.6. The Morgan fingerprint density at radius 1 is 1.23 bits per heavy atom. The van der Waals surface area contributed by atoms with E-state index in [0.29, 0.717) is 16.0 Å². The van der Waals surface area contributed by atoms with Crippen molar-refractivity contribution in [2.24, 2.45) is 5.73 Å². The molecular formula is C16H9BrN2O2S. The average molecular weight is 373 g/mol. The van der Waals surface area contributed by atoms with Crippen LogP contribution in [-0.4, -0.2) is 0 Å². The zero-order valence-electron chi connectivity index (χ0n) is 11.2. The number of nitrogens with zero attached hydrogens (tertiary/aromatic N) is 1. The summed E-state index contributed by atoms with van der Waals surface area (Å²) in [7, 11) is 0. The van der Waals surface area contributed by atoms with Crippen LogP contribution in [0.25, 0.3) is 10.1 Å². The van der Waals surface area contributed by atoms with Crippen molar-refractivity contribution in [1.82, 2.24) is 0 Å². The fourth-order valence-corrected chi connectivity index (χ4v) is 4.22. The summed E-state index contributed by atoms with van der Waals surface area (Å²) in [6.45, 7) is 0. The van der Waals surface area contributed by atoms with Gasteiger partial charge in [0.15, 0.2) is 10.4 Å². The van der Waals surface area contributed by atoms with E-state index in [1.165, 1.54) is 0 Å². The minimum Gasteiger partial charge on any atom is -0.453 e. The van der Waals surface area contributed by atoms with E-state index in [1.807, 2.05) is 36.4 Å². The summed E-state index contributed by atoms with van der Waals surface area (Å²) in [4.78, 5) is 0.939. The summed E-state index contributed by atoms with van der Waals surface area (Å²) in [5.74, 6) is 1.19. The molecule has 4 nitrogen and oxygen atoms in total. The van der Waals surface area contributed by atoms with E-state index in [4.69, 9.17) is 14.9 Å². The molecule has 108 valence electrons. The second-order valence-electron chi connectivity index (χ2n) is 4.86. The van der Waals surface area contributed by atoms with Gasteiger partial charge in [-0.05, 0) is 40.2 Å². The molecule has 0 radical (unpaired) electrons. The maximum absolute atomic E-state index is 9.48. The van der Waals surface area contributed by atoms with Crippen LogP contribution in [0.4, 0.5) is 0 Å². The lowest BCUT2D eigenvalue weighted by atomic mass is 9.93. The second-order valence-corrected chi connectivity index (χ2v) is 6.72. The van der Waals surface area contributed by atoms with Crippen LogP contribution in [0.1, 0.15) is 16.6 Å². The number of fused-ring (bicyclic) bond motifs is 3. The Kier molecular flexibility index (Phi) is 2.99. The smallest absolute Gasteiger partial charge is 0.205 e. The van der Waals surface area contributed by atoms with Crippen LogP contribution in [-0.2, 0) is 0 Å². The predicted octanol–water partition coefficient (Wildman–Crippen LogP) is 4.47. The molecule has 0 saturated heterocycles. The number of nitrogens with two attached hydrogens (primary N) is 1. The SMILES string of the molecule is N#CC1=C(N)Oc2c(sc3ccccc23)[C@@H]1c1ccc(Br)o1. The number of benzene rings is 1. The lowest BCUT2D eigenvalue weighted by Crippen LogP contribution is -2.19. The number of halogens is 1. The van der Waals surface area contributed by atoms with Gasteiger partial charge in [-0.3, -0.25) is 0 Å². The first-order valence-electron chi connectivity index (χ1n) is 6.53. The van der Waals surface area contributed by atoms with Crippen LogP contribution in [0, 0.1) is 11.3 Å². The van der Waals surface area contributed by atoms with Gasteiger partial charge in [-0.2, -0.15) is 5.26 Å². The van der Waals surface area contributed by atoms with E-state index in [1.54, 1.807) is 11.3 Å². The molecule has 3 heterocycles. The van der Waals surface area contributed by atoms with Crippen molar-refractivity contribution in [2.45, 2.75) is 5.92 Å². The molecule has 0 saturated carbocycles. The molecule has 3 aromatic rings. The Hall–Kier alpha value is -2.23. The van der Waals surface area contributed by atoms with Crippen molar-refractivity contribution in [3.63, 3.8) is 0 Å². The zero-order chi connectivity index (χ0) is 15.3. The van der Waals surface area contributed by atoms with Crippen LogP contribution in [0.15, 0.2) is 56.9 Å². The molecule has 1 aliphatic rings. The Morgan fingerprint density at radius 2 is 2.05 bits per heavy atom. The average Bonchev–Trinajstić information content (AvgIpc) is 3.09. The highest BCUT2D eigenvalue weighted by Gasteiger charge is 2.35. The first-order valence-corrected chi connectivity index (χ1v) is 8.14. The predicted molar refractivity (Wildman–Crippen MR) is 87.5 cm³/mol. The molecule has 6 heteroatoms. The molecule has 4 rings (SSSR count). The van der Waals surface area contributed by atoms with Crippen molar-refractivity contribution < 1.29 is 9.15 Å².